The molecule has 0 saturated carbocycles. The van der Waals surface area contributed by atoms with Gasteiger partial charge in [-0.05, 0) is 71.9 Å². The minimum atomic E-state index is 0.769. The van der Waals surface area contributed by atoms with Gasteiger partial charge in [-0.25, -0.2) is 0 Å². The van der Waals surface area contributed by atoms with Gasteiger partial charge in [0, 0.05) is 12.6 Å². The van der Waals surface area contributed by atoms with Crippen molar-refractivity contribution in [1.82, 2.24) is 15.1 Å². The zero-order chi connectivity index (χ0) is 13.4. The summed E-state index contributed by atoms with van der Waals surface area (Å²) in [5.41, 5.74) is 0. The topological polar surface area (TPSA) is 18.5 Å². The SMILES string of the molecule is CC(C)CNCCCCN(C)C1CCCN(C)C1. The van der Waals surface area contributed by atoms with E-state index >= 15 is 0 Å². The van der Waals surface area contributed by atoms with Crippen LogP contribution in [-0.4, -0.2) is 62.7 Å². The van der Waals surface area contributed by atoms with Crippen molar-refractivity contribution in [3.8, 4) is 0 Å². The van der Waals surface area contributed by atoms with Gasteiger partial charge in [-0.1, -0.05) is 13.8 Å². The molecular weight excluding hydrogens is 222 g/mol. The Morgan fingerprint density at radius 3 is 2.78 bits per heavy atom. The van der Waals surface area contributed by atoms with Gasteiger partial charge in [0.2, 0.25) is 0 Å². The molecule has 1 heterocycles. The van der Waals surface area contributed by atoms with Gasteiger partial charge < -0.3 is 15.1 Å². The second kappa shape index (κ2) is 8.89. The van der Waals surface area contributed by atoms with Crippen LogP contribution in [-0.2, 0) is 0 Å². The fraction of sp³-hybridized carbons (Fsp3) is 1.00. The van der Waals surface area contributed by atoms with Crippen molar-refractivity contribution in [2.75, 3.05) is 46.8 Å². The highest BCUT2D eigenvalue weighted by atomic mass is 15.2. The molecule has 1 aliphatic rings. The van der Waals surface area contributed by atoms with E-state index in [0.717, 1.165) is 18.5 Å². The second-order valence-electron chi connectivity index (χ2n) is 6.34. The van der Waals surface area contributed by atoms with E-state index in [4.69, 9.17) is 0 Å². The standard InChI is InChI=1S/C15H33N3/c1-14(2)12-16-9-5-6-11-18(4)15-8-7-10-17(3)13-15/h14-16H,5-13H2,1-4H3. The first-order valence-electron chi connectivity index (χ1n) is 7.69. The summed E-state index contributed by atoms with van der Waals surface area (Å²) in [6.45, 7) is 10.6. The number of rotatable bonds is 8. The van der Waals surface area contributed by atoms with Crippen molar-refractivity contribution >= 4 is 0 Å². The van der Waals surface area contributed by atoms with Crippen LogP contribution in [0.15, 0.2) is 0 Å². The van der Waals surface area contributed by atoms with Crippen LogP contribution in [0.4, 0.5) is 0 Å². The lowest BCUT2D eigenvalue weighted by atomic mass is 10.0. The van der Waals surface area contributed by atoms with Gasteiger partial charge >= 0.3 is 0 Å². The van der Waals surface area contributed by atoms with Gasteiger partial charge in [0.05, 0.1) is 0 Å². The van der Waals surface area contributed by atoms with Gasteiger partial charge in [0.1, 0.15) is 0 Å². The fourth-order valence-electron chi connectivity index (χ4n) is 2.68. The highest BCUT2D eigenvalue weighted by molar-refractivity contribution is 4.77. The van der Waals surface area contributed by atoms with Crippen LogP contribution < -0.4 is 5.32 Å². The van der Waals surface area contributed by atoms with Gasteiger partial charge in [-0.2, -0.15) is 0 Å². The lowest BCUT2D eigenvalue weighted by Gasteiger charge is -2.35. The Kier molecular flexibility index (Phi) is 7.87. The number of piperidine rings is 1. The molecule has 18 heavy (non-hydrogen) atoms. The summed E-state index contributed by atoms with van der Waals surface area (Å²) in [6.07, 6.45) is 5.37. The normalized spacial score (nSPS) is 22.0. The van der Waals surface area contributed by atoms with E-state index in [0.29, 0.717) is 0 Å². The predicted molar refractivity (Wildman–Crippen MR) is 80.1 cm³/mol. The monoisotopic (exact) mass is 255 g/mol. The maximum absolute atomic E-state index is 3.52. The molecule has 0 amide bonds. The molecule has 1 saturated heterocycles. The van der Waals surface area contributed by atoms with Gasteiger partial charge in [0.25, 0.3) is 0 Å². The summed E-state index contributed by atoms with van der Waals surface area (Å²) >= 11 is 0. The molecule has 0 aromatic rings. The van der Waals surface area contributed by atoms with Crippen molar-refractivity contribution < 1.29 is 0 Å². The maximum atomic E-state index is 3.52. The van der Waals surface area contributed by atoms with Crippen LogP contribution in [0.25, 0.3) is 0 Å². The third kappa shape index (κ3) is 6.72. The Labute approximate surface area is 114 Å². The molecule has 3 nitrogen and oxygen atoms in total. The Bertz CT molecular complexity index is 206. The van der Waals surface area contributed by atoms with Gasteiger partial charge in [0.15, 0.2) is 0 Å². The average molecular weight is 255 g/mol. The number of likely N-dealkylation sites (tertiary alicyclic amines) is 1. The van der Waals surface area contributed by atoms with Crippen LogP contribution in [0, 0.1) is 5.92 Å². The third-order valence-electron chi connectivity index (χ3n) is 3.89. The molecular formula is C15H33N3. The second-order valence-corrected chi connectivity index (χ2v) is 6.34. The van der Waals surface area contributed by atoms with Crippen LogP contribution in [0.1, 0.15) is 39.5 Å². The third-order valence-corrected chi connectivity index (χ3v) is 3.89. The van der Waals surface area contributed by atoms with Crippen molar-refractivity contribution in [2.45, 2.75) is 45.6 Å². The van der Waals surface area contributed by atoms with Crippen LogP contribution >= 0.6 is 0 Å². The van der Waals surface area contributed by atoms with E-state index < -0.39 is 0 Å². The molecule has 0 aromatic heterocycles. The Morgan fingerprint density at radius 1 is 1.33 bits per heavy atom. The summed E-state index contributed by atoms with van der Waals surface area (Å²) in [7, 11) is 4.54. The van der Waals surface area contributed by atoms with E-state index in [1.54, 1.807) is 0 Å². The fourth-order valence-corrected chi connectivity index (χ4v) is 2.68. The number of nitrogens with one attached hydrogen (secondary N) is 1. The number of nitrogens with zero attached hydrogens (tertiary/aromatic N) is 2. The maximum Gasteiger partial charge on any atom is 0.0220 e. The van der Waals surface area contributed by atoms with E-state index in [9.17, 15) is 0 Å². The lowest BCUT2D eigenvalue weighted by molar-refractivity contribution is 0.133. The molecule has 0 radical (unpaired) electrons. The molecule has 3 heteroatoms. The van der Waals surface area contributed by atoms with Crippen molar-refractivity contribution in [3.05, 3.63) is 0 Å². The molecule has 0 bridgehead atoms. The summed E-state index contributed by atoms with van der Waals surface area (Å²) in [6, 6.07) is 0.785. The van der Waals surface area contributed by atoms with Crippen LogP contribution in [0.5, 0.6) is 0 Å². The molecule has 1 unspecified atom stereocenters. The summed E-state index contributed by atoms with van der Waals surface area (Å²) < 4.78 is 0. The lowest BCUT2D eigenvalue weighted by Crippen LogP contribution is -2.45. The minimum absolute atomic E-state index is 0.769. The van der Waals surface area contributed by atoms with Crippen molar-refractivity contribution in [1.29, 1.82) is 0 Å². The Balaban J connectivity index is 2.00. The first-order valence-corrected chi connectivity index (χ1v) is 7.69. The summed E-state index contributed by atoms with van der Waals surface area (Å²) in [4.78, 5) is 5.03. The average Bonchev–Trinajstić information content (AvgIpc) is 2.33. The van der Waals surface area contributed by atoms with Crippen molar-refractivity contribution in [3.63, 3.8) is 0 Å². The number of unbranched alkanes of at least 4 members (excludes halogenated alkanes) is 1. The van der Waals surface area contributed by atoms with E-state index in [2.05, 4.69) is 43.1 Å². The highest BCUT2D eigenvalue weighted by Gasteiger charge is 2.20. The predicted octanol–water partition coefficient (Wildman–Crippen LogP) is 2.04. The van der Waals surface area contributed by atoms with Gasteiger partial charge in [-0.15, -0.1) is 0 Å². The zero-order valence-electron chi connectivity index (χ0n) is 12.9. The van der Waals surface area contributed by atoms with E-state index in [-0.39, 0.29) is 0 Å². The Hall–Kier alpha value is -0.120. The van der Waals surface area contributed by atoms with E-state index in [1.165, 1.54) is 51.9 Å². The largest absolute Gasteiger partial charge is 0.316 e. The van der Waals surface area contributed by atoms with Crippen LogP contribution in [0.2, 0.25) is 0 Å². The highest BCUT2D eigenvalue weighted by Crippen LogP contribution is 2.13. The first-order chi connectivity index (χ1) is 8.59. The first kappa shape index (κ1) is 15.9. The number of likely N-dealkylation sites (N-methyl/N-ethyl adjacent to an activating group) is 2. The molecule has 1 fully saturated rings. The zero-order valence-corrected chi connectivity index (χ0v) is 12.9. The summed E-state index contributed by atoms with van der Waals surface area (Å²) in [5, 5.41) is 3.52. The molecule has 1 atom stereocenters. The molecule has 0 aromatic carbocycles. The van der Waals surface area contributed by atoms with Crippen LogP contribution in [0.3, 0.4) is 0 Å². The van der Waals surface area contributed by atoms with Gasteiger partial charge in [-0.3, -0.25) is 0 Å². The molecule has 1 aliphatic heterocycles. The number of hydrogen-bond donors (Lipinski definition) is 1. The van der Waals surface area contributed by atoms with Crippen molar-refractivity contribution in [2.24, 2.45) is 5.92 Å². The smallest absolute Gasteiger partial charge is 0.0220 e. The molecule has 1 rings (SSSR count). The Morgan fingerprint density at radius 2 is 2.11 bits per heavy atom. The quantitative estimate of drug-likeness (QED) is 0.670. The molecule has 1 N–H and O–H groups in total. The minimum Gasteiger partial charge on any atom is -0.316 e. The molecule has 0 spiro atoms. The molecule has 108 valence electrons. The molecule has 0 aliphatic carbocycles. The van der Waals surface area contributed by atoms with E-state index in [1.807, 2.05) is 0 Å². The summed E-state index contributed by atoms with van der Waals surface area (Å²) in [5.74, 6) is 0.769. The number of hydrogen-bond acceptors (Lipinski definition) is 3.